The van der Waals surface area contributed by atoms with Crippen molar-refractivity contribution in [3.05, 3.63) is 57.8 Å². The van der Waals surface area contributed by atoms with Crippen molar-refractivity contribution in [2.75, 3.05) is 5.73 Å². The first-order chi connectivity index (χ1) is 9.79. The van der Waals surface area contributed by atoms with Crippen molar-refractivity contribution in [3.63, 3.8) is 0 Å². The van der Waals surface area contributed by atoms with Gasteiger partial charge in [0.1, 0.15) is 10.7 Å². The van der Waals surface area contributed by atoms with E-state index in [1.165, 1.54) is 0 Å². The normalized spacial score (nSPS) is 11.6. The largest absolute Gasteiger partial charge is 0.396 e. The molecule has 0 aliphatic heterocycles. The predicted octanol–water partition coefficient (Wildman–Crippen LogP) is 3.19. The maximum absolute atomic E-state index is 13.2. The molecule has 0 aromatic heterocycles. The molecule has 0 aliphatic rings. The number of benzene rings is 2. The highest BCUT2D eigenvalue weighted by atomic mass is 35.5. The predicted molar refractivity (Wildman–Crippen MR) is 81.3 cm³/mol. The molecule has 2 rings (SSSR count). The highest BCUT2D eigenvalue weighted by molar-refractivity contribution is 7.89. The fourth-order valence-corrected chi connectivity index (χ4v) is 3.30. The first-order valence-electron chi connectivity index (χ1n) is 5.78. The van der Waals surface area contributed by atoms with Gasteiger partial charge in [0.2, 0.25) is 10.0 Å². The van der Waals surface area contributed by atoms with Crippen LogP contribution in [-0.2, 0) is 16.6 Å². The third-order valence-electron chi connectivity index (χ3n) is 2.72. The van der Waals surface area contributed by atoms with Crippen molar-refractivity contribution >= 4 is 38.9 Å². The minimum atomic E-state index is -3.90. The third kappa shape index (κ3) is 3.85. The van der Waals surface area contributed by atoms with Crippen LogP contribution in [0.25, 0.3) is 0 Å². The van der Waals surface area contributed by atoms with Crippen LogP contribution < -0.4 is 10.5 Å². The van der Waals surface area contributed by atoms with E-state index < -0.39 is 15.8 Å². The van der Waals surface area contributed by atoms with Crippen molar-refractivity contribution in [2.24, 2.45) is 0 Å². The molecule has 0 spiro atoms. The van der Waals surface area contributed by atoms with E-state index >= 15 is 0 Å². The monoisotopic (exact) mass is 348 g/mol. The van der Waals surface area contributed by atoms with Crippen LogP contribution in [0, 0.1) is 5.82 Å². The molecule has 2 aromatic carbocycles. The van der Waals surface area contributed by atoms with Gasteiger partial charge >= 0.3 is 0 Å². The highest BCUT2D eigenvalue weighted by Gasteiger charge is 2.19. The van der Waals surface area contributed by atoms with E-state index in [9.17, 15) is 12.8 Å². The molecule has 3 N–H and O–H groups in total. The lowest BCUT2D eigenvalue weighted by atomic mass is 10.2. The van der Waals surface area contributed by atoms with E-state index in [0.29, 0.717) is 10.6 Å². The number of sulfonamides is 1. The number of nitrogens with one attached hydrogen (secondary N) is 1. The third-order valence-corrected chi connectivity index (χ3v) is 4.84. The molecule has 0 saturated carbocycles. The molecule has 0 aliphatic carbocycles. The maximum atomic E-state index is 13.2. The number of halogens is 3. The highest BCUT2D eigenvalue weighted by Crippen LogP contribution is 2.26. The van der Waals surface area contributed by atoms with Crippen LogP contribution in [0.2, 0.25) is 10.0 Å². The maximum Gasteiger partial charge on any atom is 0.242 e. The standard InChI is InChI=1S/C13H11Cl2FN2O2S/c14-9-3-1-8(2-4-9)7-18-21(19,20)13-6-12(17)11(16)5-10(13)15/h1-6,18H,7,17H2. The molecular formula is C13H11Cl2FN2O2S. The minimum absolute atomic E-state index is 0.0487. The zero-order valence-electron chi connectivity index (χ0n) is 10.6. The van der Waals surface area contributed by atoms with E-state index in [4.69, 9.17) is 28.9 Å². The number of hydrogen-bond donors (Lipinski definition) is 2. The molecular weight excluding hydrogens is 338 g/mol. The van der Waals surface area contributed by atoms with Crippen LogP contribution in [-0.4, -0.2) is 8.42 Å². The molecule has 4 nitrogen and oxygen atoms in total. The fourth-order valence-electron chi connectivity index (χ4n) is 1.61. The van der Waals surface area contributed by atoms with Crippen molar-refractivity contribution in [1.29, 1.82) is 0 Å². The first-order valence-corrected chi connectivity index (χ1v) is 8.02. The number of anilines is 1. The van der Waals surface area contributed by atoms with E-state index in [0.717, 1.165) is 12.1 Å². The van der Waals surface area contributed by atoms with Gasteiger partial charge in [-0.1, -0.05) is 35.3 Å². The molecule has 2 aromatic rings. The van der Waals surface area contributed by atoms with Gasteiger partial charge in [0.05, 0.1) is 10.7 Å². The second-order valence-corrected chi connectivity index (χ2v) is 6.83. The lowest BCUT2D eigenvalue weighted by Gasteiger charge is -2.10. The molecule has 21 heavy (non-hydrogen) atoms. The zero-order valence-corrected chi connectivity index (χ0v) is 12.9. The summed E-state index contributed by atoms with van der Waals surface area (Å²) in [6.45, 7) is 0.0487. The van der Waals surface area contributed by atoms with Gasteiger partial charge in [-0.3, -0.25) is 0 Å². The molecule has 0 saturated heterocycles. The Balaban J connectivity index is 2.22. The molecule has 0 atom stereocenters. The van der Waals surface area contributed by atoms with Gasteiger partial charge in [-0.15, -0.1) is 0 Å². The molecule has 0 radical (unpaired) electrons. The SMILES string of the molecule is Nc1cc(S(=O)(=O)NCc2ccc(Cl)cc2)c(Cl)cc1F. The van der Waals surface area contributed by atoms with E-state index in [1.807, 2.05) is 0 Å². The van der Waals surface area contributed by atoms with Gasteiger partial charge in [-0.2, -0.15) is 0 Å². The minimum Gasteiger partial charge on any atom is -0.396 e. The van der Waals surface area contributed by atoms with Crippen LogP contribution in [0.4, 0.5) is 10.1 Å². The molecule has 0 amide bonds. The summed E-state index contributed by atoms with van der Waals surface area (Å²) in [5.74, 6) is -0.767. The topological polar surface area (TPSA) is 72.2 Å². The summed E-state index contributed by atoms with van der Waals surface area (Å²) >= 11 is 11.5. The summed E-state index contributed by atoms with van der Waals surface area (Å²) < 4.78 is 39.9. The summed E-state index contributed by atoms with van der Waals surface area (Å²) in [5.41, 5.74) is 5.80. The Hall–Kier alpha value is -1.34. The van der Waals surface area contributed by atoms with Gasteiger partial charge in [0, 0.05) is 11.6 Å². The lowest BCUT2D eigenvalue weighted by Crippen LogP contribution is -2.23. The van der Waals surface area contributed by atoms with Crippen LogP contribution >= 0.6 is 23.2 Å². The van der Waals surface area contributed by atoms with Crippen molar-refractivity contribution in [3.8, 4) is 0 Å². The molecule has 0 bridgehead atoms. The molecule has 0 heterocycles. The number of nitrogens with two attached hydrogens (primary N) is 1. The number of nitrogen functional groups attached to an aromatic ring is 1. The number of hydrogen-bond acceptors (Lipinski definition) is 3. The first kappa shape index (κ1) is 16.0. The fraction of sp³-hybridized carbons (Fsp3) is 0.0769. The average Bonchev–Trinajstić information content (AvgIpc) is 2.42. The van der Waals surface area contributed by atoms with Crippen molar-refractivity contribution in [2.45, 2.75) is 11.4 Å². The van der Waals surface area contributed by atoms with Crippen LogP contribution in [0.5, 0.6) is 0 Å². The van der Waals surface area contributed by atoms with Crippen LogP contribution in [0.15, 0.2) is 41.3 Å². The Kier molecular flexibility index (Phi) is 4.73. The Labute approximate surface area is 131 Å². The molecule has 8 heteroatoms. The Morgan fingerprint density at radius 2 is 1.76 bits per heavy atom. The second-order valence-electron chi connectivity index (χ2n) is 4.26. The molecule has 0 unspecified atom stereocenters. The average molecular weight is 349 g/mol. The quantitative estimate of drug-likeness (QED) is 0.833. The van der Waals surface area contributed by atoms with Gasteiger partial charge in [0.15, 0.2) is 0 Å². The van der Waals surface area contributed by atoms with Gasteiger partial charge < -0.3 is 5.73 Å². The second kappa shape index (κ2) is 6.19. The molecule has 0 fully saturated rings. The van der Waals surface area contributed by atoms with E-state index in [2.05, 4.69) is 4.72 Å². The Morgan fingerprint density at radius 1 is 1.14 bits per heavy atom. The molecule has 112 valence electrons. The van der Waals surface area contributed by atoms with Crippen LogP contribution in [0.3, 0.4) is 0 Å². The lowest BCUT2D eigenvalue weighted by molar-refractivity contribution is 0.580. The van der Waals surface area contributed by atoms with Gasteiger partial charge in [-0.05, 0) is 29.8 Å². The van der Waals surface area contributed by atoms with E-state index in [-0.39, 0.29) is 22.2 Å². The van der Waals surface area contributed by atoms with E-state index in [1.54, 1.807) is 24.3 Å². The summed E-state index contributed by atoms with van der Waals surface area (Å²) in [4.78, 5) is -0.267. The Morgan fingerprint density at radius 3 is 2.38 bits per heavy atom. The summed E-state index contributed by atoms with van der Waals surface area (Å²) in [7, 11) is -3.90. The van der Waals surface area contributed by atoms with Crippen molar-refractivity contribution in [1.82, 2.24) is 4.72 Å². The summed E-state index contributed by atoms with van der Waals surface area (Å²) in [6.07, 6.45) is 0. The summed E-state index contributed by atoms with van der Waals surface area (Å²) in [5, 5.41) is 0.321. The number of rotatable bonds is 4. The van der Waals surface area contributed by atoms with Gasteiger partial charge in [-0.25, -0.2) is 17.5 Å². The van der Waals surface area contributed by atoms with Crippen molar-refractivity contribution < 1.29 is 12.8 Å². The zero-order chi connectivity index (χ0) is 15.6. The summed E-state index contributed by atoms with van der Waals surface area (Å²) in [6, 6.07) is 8.52. The Bertz CT molecular complexity index is 764. The van der Waals surface area contributed by atoms with Gasteiger partial charge in [0.25, 0.3) is 0 Å². The smallest absolute Gasteiger partial charge is 0.242 e. The van der Waals surface area contributed by atoms with Crippen LogP contribution in [0.1, 0.15) is 5.56 Å².